The molecule has 0 N–H and O–H groups in total. The van der Waals surface area contributed by atoms with Gasteiger partial charge in [0.25, 0.3) is 0 Å². The summed E-state index contributed by atoms with van der Waals surface area (Å²) >= 11 is 0. The van der Waals surface area contributed by atoms with Crippen LogP contribution < -0.4 is 0 Å². The van der Waals surface area contributed by atoms with Crippen LogP contribution in [0.3, 0.4) is 0 Å². The fraction of sp³-hybridized carbons (Fsp3) is 0.750. The second-order valence-electron chi connectivity index (χ2n) is 2.12. The third-order valence-electron chi connectivity index (χ3n) is 1.08. The molecule has 0 aromatic heterocycles. The highest BCUT2D eigenvalue weighted by Gasteiger charge is 2.09. The molecule has 0 aliphatic heterocycles. The van der Waals surface area contributed by atoms with Gasteiger partial charge in [-0.1, -0.05) is 0 Å². The Kier molecular flexibility index (Phi) is 7.14. The smallest absolute Gasteiger partial charge is 0.339 e. The Bertz CT molecular complexity index is 148. The maximum Gasteiger partial charge on any atom is 0.339 e. The molecular weight excluding hydrogens is 176 g/mol. The number of hydrogen-bond acceptors (Lipinski definition) is 5. The molecule has 0 unspecified atom stereocenters. The summed E-state index contributed by atoms with van der Waals surface area (Å²) in [6.45, 7) is 3.91. The van der Waals surface area contributed by atoms with Gasteiger partial charge in [0.15, 0.2) is 0 Å². The average Bonchev–Trinajstić information content (AvgIpc) is 2.11. The fourth-order valence-corrected chi connectivity index (χ4v) is 0.557. The summed E-state index contributed by atoms with van der Waals surface area (Å²) in [5.74, 6) is -1.38. The van der Waals surface area contributed by atoms with E-state index in [1.807, 2.05) is 0 Å². The average molecular weight is 190 g/mol. The highest BCUT2D eigenvalue weighted by molar-refractivity contribution is 5.86. The van der Waals surface area contributed by atoms with Crippen molar-refractivity contribution >= 4 is 11.9 Å². The minimum atomic E-state index is -0.688. The molecule has 0 saturated carbocycles. The lowest BCUT2D eigenvalue weighted by Crippen LogP contribution is -2.20. The number of esters is 2. The molecule has 5 heteroatoms. The molecule has 76 valence electrons. The molecule has 5 nitrogen and oxygen atoms in total. The van der Waals surface area contributed by atoms with Crippen LogP contribution in [0.2, 0.25) is 0 Å². The van der Waals surface area contributed by atoms with E-state index in [0.717, 1.165) is 0 Å². The van der Waals surface area contributed by atoms with Gasteiger partial charge in [-0.3, -0.25) is 0 Å². The van der Waals surface area contributed by atoms with Crippen LogP contribution in [-0.2, 0) is 23.8 Å². The van der Waals surface area contributed by atoms with Gasteiger partial charge in [0.05, 0.1) is 0 Å². The Morgan fingerprint density at radius 1 is 0.923 bits per heavy atom. The van der Waals surface area contributed by atoms with Gasteiger partial charge in [-0.25, -0.2) is 9.59 Å². The Morgan fingerprint density at radius 3 is 1.62 bits per heavy atom. The van der Waals surface area contributed by atoms with E-state index >= 15 is 0 Å². The molecule has 0 aromatic carbocycles. The first-order chi connectivity index (χ1) is 6.20. The van der Waals surface area contributed by atoms with E-state index in [2.05, 4.69) is 4.74 Å². The zero-order valence-corrected chi connectivity index (χ0v) is 7.87. The Morgan fingerprint density at radius 2 is 1.31 bits per heavy atom. The molecule has 0 amide bonds. The monoisotopic (exact) mass is 190 g/mol. The molecule has 0 aliphatic rings. The fourth-order valence-electron chi connectivity index (χ4n) is 0.557. The van der Waals surface area contributed by atoms with Crippen LogP contribution in [0.1, 0.15) is 13.8 Å². The van der Waals surface area contributed by atoms with Crippen LogP contribution >= 0.6 is 0 Å². The quantitative estimate of drug-likeness (QED) is 0.440. The lowest BCUT2D eigenvalue weighted by atomic mass is 10.6. The van der Waals surface area contributed by atoms with Crippen LogP contribution in [0.5, 0.6) is 0 Å². The first-order valence-electron chi connectivity index (χ1n) is 4.09. The zero-order valence-electron chi connectivity index (χ0n) is 7.87. The second-order valence-corrected chi connectivity index (χ2v) is 2.12. The maximum absolute atomic E-state index is 10.8. The topological polar surface area (TPSA) is 61.8 Å². The van der Waals surface area contributed by atoms with E-state index in [-0.39, 0.29) is 13.2 Å². The molecule has 0 spiro atoms. The molecule has 0 aromatic rings. The molecule has 0 heterocycles. The molecule has 0 radical (unpaired) electrons. The summed E-state index contributed by atoms with van der Waals surface area (Å²) in [5.41, 5.74) is 0. The van der Waals surface area contributed by atoms with Crippen molar-refractivity contribution in [3.8, 4) is 0 Å². The van der Waals surface area contributed by atoms with Gasteiger partial charge in [-0.2, -0.15) is 0 Å². The normalized spacial score (nSPS) is 9.69. The summed E-state index contributed by atoms with van der Waals surface area (Å²) in [4.78, 5) is 21.5. The van der Waals surface area contributed by atoms with Gasteiger partial charge in [-0.15, -0.1) is 0 Å². The van der Waals surface area contributed by atoms with Crippen molar-refractivity contribution in [1.29, 1.82) is 0 Å². The van der Waals surface area contributed by atoms with Gasteiger partial charge >= 0.3 is 11.9 Å². The van der Waals surface area contributed by atoms with E-state index in [0.29, 0.717) is 13.2 Å². The van der Waals surface area contributed by atoms with Crippen molar-refractivity contribution in [2.45, 2.75) is 13.8 Å². The van der Waals surface area contributed by atoms with Crippen molar-refractivity contribution in [3.63, 3.8) is 0 Å². The second kappa shape index (κ2) is 7.70. The standard InChI is InChI=1S/C8H14O5/c1-3-11-5-7(9)13-8(10)6-12-4-2/h3-6H2,1-2H3. The minimum Gasteiger partial charge on any atom is -0.390 e. The van der Waals surface area contributed by atoms with E-state index in [9.17, 15) is 9.59 Å². The van der Waals surface area contributed by atoms with E-state index < -0.39 is 11.9 Å². The van der Waals surface area contributed by atoms with Crippen LogP contribution in [0, 0.1) is 0 Å². The van der Waals surface area contributed by atoms with Gasteiger partial charge in [0.2, 0.25) is 0 Å². The van der Waals surface area contributed by atoms with Crippen LogP contribution in [-0.4, -0.2) is 38.4 Å². The van der Waals surface area contributed by atoms with Crippen molar-refractivity contribution in [2.75, 3.05) is 26.4 Å². The summed E-state index contributed by atoms with van der Waals surface area (Å²) < 4.78 is 13.8. The molecule has 0 rings (SSSR count). The summed E-state index contributed by atoms with van der Waals surface area (Å²) in [5, 5.41) is 0. The number of hydrogen-bond donors (Lipinski definition) is 0. The third-order valence-corrected chi connectivity index (χ3v) is 1.08. The third kappa shape index (κ3) is 7.42. The first kappa shape index (κ1) is 12.1. The van der Waals surface area contributed by atoms with Gasteiger partial charge < -0.3 is 14.2 Å². The lowest BCUT2D eigenvalue weighted by molar-refractivity contribution is -0.165. The Balaban J connectivity index is 3.47. The van der Waals surface area contributed by atoms with Crippen LogP contribution in [0.15, 0.2) is 0 Å². The van der Waals surface area contributed by atoms with Crippen molar-refractivity contribution < 1.29 is 23.8 Å². The largest absolute Gasteiger partial charge is 0.390 e. The predicted octanol–water partition coefficient (Wildman–Crippen LogP) is 0.129. The highest BCUT2D eigenvalue weighted by Crippen LogP contribution is 1.85. The molecular formula is C8H14O5. The SMILES string of the molecule is CCOCC(=O)OC(=O)COCC. The maximum atomic E-state index is 10.8. The van der Waals surface area contributed by atoms with Crippen molar-refractivity contribution in [3.05, 3.63) is 0 Å². The zero-order chi connectivity index (χ0) is 10.1. The Labute approximate surface area is 77.0 Å². The number of carbonyl (C=O) groups excluding carboxylic acids is 2. The van der Waals surface area contributed by atoms with Gasteiger partial charge in [0.1, 0.15) is 13.2 Å². The summed E-state index contributed by atoms with van der Waals surface area (Å²) in [7, 11) is 0. The Hall–Kier alpha value is -0.940. The number of rotatable bonds is 6. The lowest BCUT2D eigenvalue weighted by Gasteiger charge is -2.02. The van der Waals surface area contributed by atoms with Gasteiger partial charge in [0, 0.05) is 13.2 Å². The van der Waals surface area contributed by atoms with Crippen molar-refractivity contribution in [1.82, 2.24) is 0 Å². The minimum absolute atomic E-state index is 0.200. The van der Waals surface area contributed by atoms with E-state index in [4.69, 9.17) is 9.47 Å². The summed E-state index contributed by atoms with van der Waals surface area (Å²) in [6.07, 6.45) is 0. The number of carbonyl (C=O) groups is 2. The van der Waals surface area contributed by atoms with E-state index in [1.54, 1.807) is 13.8 Å². The van der Waals surface area contributed by atoms with Crippen LogP contribution in [0.25, 0.3) is 0 Å². The summed E-state index contributed by atoms with van der Waals surface area (Å²) in [6, 6.07) is 0. The van der Waals surface area contributed by atoms with Gasteiger partial charge in [-0.05, 0) is 13.8 Å². The molecule has 0 saturated heterocycles. The molecule has 0 atom stereocenters. The molecule has 13 heavy (non-hydrogen) atoms. The predicted molar refractivity (Wildman–Crippen MR) is 44.1 cm³/mol. The molecule has 0 bridgehead atoms. The van der Waals surface area contributed by atoms with E-state index in [1.165, 1.54) is 0 Å². The highest BCUT2D eigenvalue weighted by atomic mass is 16.6. The molecule has 0 fully saturated rings. The van der Waals surface area contributed by atoms with Crippen LogP contribution in [0.4, 0.5) is 0 Å². The first-order valence-corrected chi connectivity index (χ1v) is 4.09. The molecule has 0 aliphatic carbocycles. The van der Waals surface area contributed by atoms with Crippen molar-refractivity contribution in [2.24, 2.45) is 0 Å². The number of ether oxygens (including phenoxy) is 3.